The van der Waals surface area contributed by atoms with E-state index in [0.29, 0.717) is 23.2 Å². The zero-order chi connectivity index (χ0) is 18.7. The number of hydrogen-bond donors (Lipinski definition) is 0. The number of allylic oxidation sites excluding steroid dienone is 2. The summed E-state index contributed by atoms with van der Waals surface area (Å²) in [5, 5.41) is 0. The zero-order valence-electron chi connectivity index (χ0n) is 16.8. The van der Waals surface area contributed by atoms with E-state index in [4.69, 9.17) is 9.47 Å². The molecule has 0 heterocycles. The van der Waals surface area contributed by atoms with Gasteiger partial charge in [-0.3, -0.25) is 4.79 Å². The molecule has 2 fully saturated rings. The molecule has 2 aliphatic rings. The van der Waals surface area contributed by atoms with Crippen LogP contribution in [-0.4, -0.2) is 26.8 Å². The van der Waals surface area contributed by atoms with Crippen LogP contribution in [0.2, 0.25) is 0 Å². The minimum atomic E-state index is -0.358. The molecule has 0 aromatic rings. The van der Waals surface area contributed by atoms with Gasteiger partial charge in [-0.2, -0.15) is 0 Å². The van der Waals surface area contributed by atoms with Gasteiger partial charge in [0.1, 0.15) is 6.29 Å². The molecule has 3 atom stereocenters. The van der Waals surface area contributed by atoms with Crippen LogP contribution in [0.5, 0.6) is 0 Å². The smallest absolute Gasteiger partial charge is 0.160 e. The van der Waals surface area contributed by atoms with Crippen LogP contribution in [0.1, 0.15) is 65.7 Å². The van der Waals surface area contributed by atoms with E-state index in [-0.39, 0.29) is 6.29 Å². The SMILES string of the molecule is C=C1CCC2C(C)(C)CCCC2(C)C1CC=C(C=O)CC(OC)OC. The van der Waals surface area contributed by atoms with Gasteiger partial charge in [-0.25, -0.2) is 0 Å². The van der Waals surface area contributed by atoms with E-state index in [1.54, 1.807) is 14.2 Å². The van der Waals surface area contributed by atoms with Crippen molar-refractivity contribution in [2.24, 2.45) is 22.7 Å². The highest BCUT2D eigenvalue weighted by Crippen LogP contribution is 2.61. The maximum atomic E-state index is 11.5. The Morgan fingerprint density at radius 2 is 1.96 bits per heavy atom. The minimum Gasteiger partial charge on any atom is -0.356 e. The second-order valence-electron chi connectivity index (χ2n) is 8.89. The average molecular weight is 349 g/mol. The van der Waals surface area contributed by atoms with E-state index >= 15 is 0 Å². The predicted molar refractivity (Wildman–Crippen MR) is 102 cm³/mol. The van der Waals surface area contributed by atoms with Gasteiger partial charge in [0.25, 0.3) is 0 Å². The number of aldehydes is 1. The summed E-state index contributed by atoms with van der Waals surface area (Å²) in [6.07, 6.45) is 10.4. The molecule has 0 aliphatic heterocycles. The normalized spacial score (nSPS) is 32.6. The molecule has 2 saturated carbocycles. The molecule has 0 saturated heterocycles. The van der Waals surface area contributed by atoms with Crippen molar-refractivity contribution in [1.82, 2.24) is 0 Å². The van der Waals surface area contributed by atoms with Gasteiger partial charge < -0.3 is 9.47 Å². The van der Waals surface area contributed by atoms with Crippen LogP contribution in [0.15, 0.2) is 23.8 Å². The van der Waals surface area contributed by atoms with E-state index in [0.717, 1.165) is 30.6 Å². The van der Waals surface area contributed by atoms with Crippen molar-refractivity contribution in [2.45, 2.75) is 72.0 Å². The molecule has 142 valence electrons. The first-order chi connectivity index (χ1) is 11.8. The summed E-state index contributed by atoms with van der Waals surface area (Å²) in [7, 11) is 3.21. The van der Waals surface area contributed by atoms with Crippen LogP contribution in [0.25, 0.3) is 0 Å². The Hall–Kier alpha value is -0.930. The van der Waals surface area contributed by atoms with Crippen molar-refractivity contribution in [2.75, 3.05) is 14.2 Å². The Morgan fingerprint density at radius 3 is 2.56 bits per heavy atom. The van der Waals surface area contributed by atoms with E-state index < -0.39 is 0 Å². The topological polar surface area (TPSA) is 35.5 Å². The molecule has 3 unspecified atom stereocenters. The molecule has 3 heteroatoms. The third-order valence-electron chi connectivity index (χ3n) is 7.01. The fourth-order valence-electron chi connectivity index (χ4n) is 5.61. The Labute approximate surface area is 153 Å². The number of rotatable bonds is 7. The fraction of sp³-hybridized carbons (Fsp3) is 0.773. The molecule has 0 N–H and O–H groups in total. The van der Waals surface area contributed by atoms with Gasteiger partial charge in [-0.05, 0) is 60.3 Å². The first-order valence-corrected chi connectivity index (χ1v) is 9.66. The molecule has 0 spiro atoms. The largest absolute Gasteiger partial charge is 0.356 e. The van der Waals surface area contributed by atoms with Gasteiger partial charge in [-0.1, -0.05) is 45.4 Å². The summed E-state index contributed by atoms with van der Waals surface area (Å²) in [6.45, 7) is 11.8. The highest BCUT2D eigenvalue weighted by atomic mass is 16.7. The molecule has 2 rings (SSSR count). The average Bonchev–Trinajstić information content (AvgIpc) is 2.56. The monoisotopic (exact) mass is 348 g/mol. The molecule has 0 amide bonds. The number of carbonyl (C=O) groups excluding carboxylic acids is 1. The summed E-state index contributed by atoms with van der Waals surface area (Å²) < 4.78 is 10.5. The van der Waals surface area contributed by atoms with Gasteiger partial charge >= 0.3 is 0 Å². The van der Waals surface area contributed by atoms with Crippen LogP contribution < -0.4 is 0 Å². The summed E-state index contributed by atoms with van der Waals surface area (Å²) in [5.41, 5.74) is 2.83. The predicted octanol–water partition coefficient (Wildman–Crippen LogP) is 5.31. The molecule has 0 bridgehead atoms. The lowest BCUT2D eigenvalue weighted by Crippen LogP contribution is -2.49. The summed E-state index contributed by atoms with van der Waals surface area (Å²) in [4.78, 5) is 11.5. The zero-order valence-corrected chi connectivity index (χ0v) is 16.8. The van der Waals surface area contributed by atoms with Crippen molar-refractivity contribution in [3.05, 3.63) is 23.8 Å². The third-order valence-corrected chi connectivity index (χ3v) is 7.01. The van der Waals surface area contributed by atoms with Gasteiger partial charge in [0.15, 0.2) is 6.29 Å². The molecular formula is C22H36O3. The van der Waals surface area contributed by atoms with Crippen LogP contribution in [-0.2, 0) is 14.3 Å². The fourth-order valence-corrected chi connectivity index (χ4v) is 5.61. The molecule has 25 heavy (non-hydrogen) atoms. The van der Waals surface area contributed by atoms with E-state index in [2.05, 4.69) is 33.4 Å². The number of carbonyl (C=O) groups is 1. The Kier molecular flexibility index (Phi) is 6.67. The van der Waals surface area contributed by atoms with Crippen LogP contribution in [0.3, 0.4) is 0 Å². The maximum Gasteiger partial charge on any atom is 0.160 e. The lowest BCUT2D eigenvalue weighted by atomic mass is 9.47. The van der Waals surface area contributed by atoms with E-state index in [1.807, 2.05) is 0 Å². The minimum absolute atomic E-state index is 0.295. The highest BCUT2D eigenvalue weighted by molar-refractivity contribution is 5.73. The second kappa shape index (κ2) is 8.18. The molecule has 0 aromatic carbocycles. The summed E-state index contributed by atoms with van der Waals surface area (Å²) in [5.74, 6) is 1.20. The first kappa shape index (κ1) is 20.4. The quantitative estimate of drug-likeness (QED) is 0.271. The molecule has 0 radical (unpaired) electrons. The van der Waals surface area contributed by atoms with Crippen molar-refractivity contribution in [1.29, 1.82) is 0 Å². The lowest BCUT2D eigenvalue weighted by Gasteiger charge is -2.58. The molecule has 2 aliphatic carbocycles. The molecule has 3 nitrogen and oxygen atoms in total. The van der Waals surface area contributed by atoms with Crippen LogP contribution >= 0.6 is 0 Å². The number of methoxy groups -OCH3 is 2. The third kappa shape index (κ3) is 4.25. The van der Waals surface area contributed by atoms with Crippen molar-refractivity contribution >= 4 is 6.29 Å². The van der Waals surface area contributed by atoms with Crippen molar-refractivity contribution < 1.29 is 14.3 Å². The van der Waals surface area contributed by atoms with E-state index in [9.17, 15) is 4.79 Å². The van der Waals surface area contributed by atoms with Gasteiger partial charge in [0, 0.05) is 20.6 Å². The molecule has 0 aromatic heterocycles. The van der Waals surface area contributed by atoms with Crippen LogP contribution in [0, 0.1) is 22.7 Å². The van der Waals surface area contributed by atoms with Crippen molar-refractivity contribution in [3.63, 3.8) is 0 Å². The van der Waals surface area contributed by atoms with Gasteiger partial charge in [0.05, 0.1) is 0 Å². The van der Waals surface area contributed by atoms with E-state index in [1.165, 1.54) is 31.3 Å². The standard InChI is InChI=1S/C22H36O3/c1-16-8-11-19-21(2,3)12-7-13-22(19,4)18(16)10-9-17(15-23)14-20(24-5)25-6/h9,15,18-20H,1,7-8,10-14H2,2-6H3. The number of ether oxygens (including phenoxy) is 2. The van der Waals surface area contributed by atoms with Gasteiger partial charge in [0.2, 0.25) is 0 Å². The lowest BCUT2D eigenvalue weighted by molar-refractivity contribution is -0.111. The first-order valence-electron chi connectivity index (χ1n) is 9.66. The second-order valence-corrected chi connectivity index (χ2v) is 8.89. The summed E-state index contributed by atoms with van der Waals surface area (Å²) >= 11 is 0. The highest BCUT2D eigenvalue weighted by Gasteiger charge is 2.52. The Bertz CT molecular complexity index is 515. The van der Waals surface area contributed by atoms with Crippen molar-refractivity contribution in [3.8, 4) is 0 Å². The number of fused-ring (bicyclic) bond motifs is 1. The van der Waals surface area contributed by atoms with Crippen LogP contribution in [0.4, 0.5) is 0 Å². The van der Waals surface area contributed by atoms with Gasteiger partial charge in [-0.15, -0.1) is 0 Å². The Balaban J connectivity index is 2.19. The Morgan fingerprint density at radius 1 is 1.28 bits per heavy atom. The summed E-state index contributed by atoms with van der Waals surface area (Å²) in [6, 6.07) is 0. The maximum absolute atomic E-state index is 11.5. The number of hydrogen-bond acceptors (Lipinski definition) is 3. The molecular weight excluding hydrogens is 312 g/mol.